The van der Waals surface area contributed by atoms with Crippen molar-refractivity contribution >= 4 is 11.9 Å². The van der Waals surface area contributed by atoms with Crippen LogP contribution in [0.4, 0.5) is 4.79 Å². The van der Waals surface area contributed by atoms with Crippen LogP contribution in [-0.2, 0) is 4.79 Å². The highest BCUT2D eigenvalue weighted by Crippen LogP contribution is 2.22. The highest BCUT2D eigenvalue weighted by atomic mass is 16.2. The van der Waals surface area contributed by atoms with E-state index in [-0.39, 0.29) is 11.9 Å². The molecule has 1 saturated heterocycles. The molecule has 2 rings (SSSR count). The number of nitrogens with zero attached hydrogens (tertiary/aromatic N) is 1. The van der Waals surface area contributed by atoms with Gasteiger partial charge in [-0.3, -0.25) is 10.1 Å². The van der Waals surface area contributed by atoms with E-state index in [4.69, 9.17) is 0 Å². The van der Waals surface area contributed by atoms with Gasteiger partial charge in [0.25, 0.3) is 0 Å². The maximum atomic E-state index is 11.7. The van der Waals surface area contributed by atoms with Crippen LogP contribution in [0.1, 0.15) is 51.4 Å². The Hall–Kier alpha value is -1.06. The third-order valence-corrected chi connectivity index (χ3v) is 3.60. The second-order valence-corrected chi connectivity index (χ2v) is 4.80. The van der Waals surface area contributed by atoms with Crippen molar-refractivity contribution in [1.29, 1.82) is 0 Å². The Morgan fingerprint density at radius 2 is 1.62 bits per heavy atom. The maximum absolute atomic E-state index is 11.7. The number of carbonyl (C=O) groups is 2. The van der Waals surface area contributed by atoms with E-state index >= 15 is 0 Å². The molecule has 0 atom stereocenters. The van der Waals surface area contributed by atoms with Crippen LogP contribution in [0.2, 0.25) is 0 Å². The van der Waals surface area contributed by atoms with Crippen molar-refractivity contribution in [3.8, 4) is 0 Å². The minimum absolute atomic E-state index is 0.132. The van der Waals surface area contributed by atoms with Crippen LogP contribution >= 0.6 is 0 Å². The van der Waals surface area contributed by atoms with Crippen LogP contribution in [0.15, 0.2) is 0 Å². The zero-order valence-corrected chi connectivity index (χ0v) is 9.71. The van der Waals surface area contributed by atoms with E-state index in [1.165, 1.54) is 32.1 Å². The molecule has 0 radical (unpaired) electrons. The highest BCUT2D eigenvalue weighted by Gasteiger charge is 2.28. The fourth-order valence-electron chi connectivity index (χ4n) is 2.67. The molecule has 4 nitrogen and oxygen atoms in total. The van der Waals surface area contributed by atoms with E-state index in [9.17, 15) is 9.59 Å². The van der Waals surface area contributed by atoms with Gasteiger partial charge in [-0.25, -0.2) is 4.79 Å². The van der Waals surface area contributed by atoms with Crippen molar-refractivity contribution in [1.82, 2.24) is 10.2 Å². The molecular weight excluding hydrogens is 204 g/mol. The number of carbonyl (C=O) groups excluding carboxylic acids is 2. The van der Waals surface area contributed by atoms with Gasteiger partial charge < -0.3 is 4.90 Å². The van der Waals surface area contributed by atoms with Crippen LogP contribution in [0.3, 0.4) is 0 Å². The number of amides is 3. The zero-order valence-electron chi connectivity index (χ0n) is 9.71. The van der Waals surface area contributed by atoms with Gasteiger partial charge in [-0.15, -0.1) is 0 Å². The zero-order chi connectivity index (χ0) is 11.4. The Balaban J connectivity index is 1.93. The van der Waals surface area contributed by atoms with Gasteiger partial charge in [0.15, 0.2) is 0 Å². The Kier molecular flexibility index (Phi) is 3.80. The summed E-state index contributed by atoms with van der Waals surface area (Å²) in [5.74, 6) is -0.132. The van der Waals surface area contributed by atoms with Crippen molar-refractivity contribution in [2.45, 2.75) is 57.4 Å². The lowest BCUT2D eigenvalue weighted by Gasteiger charge is -2.35. The summed E-state index contributed by atoms with van der Waals surface area (Å²) >= 11 is 0. The first-order chi connectivity index (χ1) is 7.77. The number of hydrogen-bond acceptors (Lipinski definition) is 2. The fraction of sp³-hybridized carbons (Fsp3) is 0.833. The lowest BCUT2D eigenvalue weighted by molar-refractivity contribution is -0.121. The smallest absolute Gasteiger partial charge is 0.321 e. The van der Waals surface area contributed by atoms with Crippen LogP contribution in [-0.4, -0.2) is 29.4 Å². The SMILES string of the molecule is O=C1CCN(C2CCCCCCC2)C(=O)N1. The summed E-state index contributed by atoms with van der Waals surface area (Å²) in [6.45, 7) is 0.606. The van der Waals surface area contributed by atoms with Crippen LogP contribution < -0.4 is 5.32 Å². The van der Waals surface area contributed by atoms with Crippen LogP contribution in [0, 0.1) is 0 Å². The monoisotopic (exact) mass is 224 g/mol. The Bertz CT molecular complexity index is 270. The molecule has 90 valence electrons. The average Bonchev–Trinajstić information content (AvgIpc) is 2.19. The van der Waals surface area contributed by atoms with Gasteiger partial charge in [0.2, 0.25) is 5.91 Å². The predicted octanol–water partition coefficient (Wildman–Crippen LogP) is 2.04. The minimum Gasteiger partial charge on any atom is -0.321 e. The number of imide groups is 1. The number of rotatable bonds is 1. The van der Waals surface area contributed by atoms with E-state index in [0.717, 1.165) is 12.8 Å². The van der Waals surface area contributed by atoms with E-state index < -0.39 is 0 Å². The van der Waals surface area contributed by atoms with E-state index in [1.807, 2.05) is 4.90 Å². The topological polar surface area (TPSA) is 49.4 Å². The molecule has 1 aliphatic heterocycles. The number of urea groups is 1. The van der Waals surface area contributed by atoms with Gasteiger partial charge >= 0.3 is 6.03 Å². The van der Waals surface area contributed by atoms with Gasteiger partial charge in [0, 0.05) is 19.0 Å². The average molecular weight is 224 g/mol. The van der Waals surface area contributed by atoms with Crippen LogP contribution in [0.5, 0.6) is 0 Å². The third kappa shape index (κ3) is 2.74. The number of hydrogen-bond donors (Lipinski definition) is 1. The van der Waals surface area contributed by atoms with Crippen molar-refractivity contribution in [3.63, 3.8) is 0 Å². The Labute approximate surface area is 96.4 Å². The van der Waals surface area contributed by atoms with Gasteiger partial charge in [-0.05, 0) is 12.8 Å². The molecule has 0 bridgehead atoms. The lowest BCUT2D eigenvalue weighted by Crippen LogP contribution is -2.53. The highest BCUT2D eigenvalue weighted by molar-refractivity contribution is 5.96. The standard InChI is InChI=1S/C12H20N2O2/c15-11-8-9-14(12(16)13-11)10-6-4-2-1-3-5-7-10/h10H,1-9H2,(H,13,15,16). The maximum Gasteiger partial charge on any atom is 0.324 e. The third-order valence-electron chi connectivity index (χ3n) is 3.60. The summed E-state index contributed by atoms with van der Waals surface area (Å²) < 4.78 is 0. The molecule has 1 aliphatic carbocycles. The summed E-state index contributed by atoms with van der Waals surface area (Å²) in [5.41, 5.74) is 0. The van der Waals surface area contributed by atoms with Crippen molar-refractivity contribution < 1.29 is 9.59 Å². The molecule has 0 aromatic heterocycles. The molecule has 3 amide bonds. The second-order valence-electron chi connectivity index (χ2n) is 4.80. The van der Waals surface area contributed by atoms with Crippen molar-refractivity contribution in [3.05, 3.63) is 0 Å². The molecular formula is C12H20N2O2. The first-order valence-corrected chi connectivity index (χ1v) is 6.38. The van der Waals surface area contributed by atoms with Crippen molar-refractivity contribution in [2.24, 2.45) is 0 Å². The summed E-state index contributed by atoms with van der Waals surface area (Å²) in [7, 11) is 0. The summed E-state index contributed by atoms with van der Waals surface area (Å²) in [6, 6.07) is 0.176. The van der Waals surface area contributed by atoms with E-state index in [1.54, 1.807) is 0 Å². The molecule has 0 aromatic rings. The summed E-state index contributed by atoms with van der Waals surface area (Å²) in [6.07, 6.45) is 8.98. The van der Waals surface area contributed by atoms with Crippen LogP contribution in [0.25, 0.3) is 0 Å². The van der Waals surface area contributed by atoms with Gasteiger partial charge in [-0.2, -0.15) is 0 Å². The molecule has 0 aromatic carbocycles. The van der Waals surface area contributed by atoms with Crippen molar-refractivity contribution in [2.75, 3.05) is 6.54 Å². The lowest BCUT2D eigenvalue weighted by atomic mass is 9.95. The largest absolute Gasteiger partial charge is 0.324 e. The molecule has 1 heterocycles. The second kappa shape index (κ2) is 5.32. The Morgan fingerprint density at radius 1 is 1.00 bits per heavy atom. The van der Waals surface area contributed by atoms with Gasteiger partial charge in [0.05, 0.1) is 0 Å². The van der Waals surface area contributed by atoms with Gasteiger partial charge in [-0.1, -0.05) is 32.1 Å². The molecule has 2 aliphatic rings. The molecule has 1 N–H and O–H groups in total. The van der Waals surface area contributed by atoms with E-state index in [0.29, 0.717) is 19.0 Å². The fourth-order valence-corrected chi connectivity index (χ4v) is 2.67. The Morgan fingerprint density at radius 3 is 2.25 bits per heavy atom. The predicted molar refractivity (Wildman–Crippen MR) is 61.0 cm³/mol. The summed E-state index contributed by atoms with van der Waals surface area (Å²) in [4.78, 5) is 24.6. The number of nitrogens with one attached hydrogen (secondary N) is 1. The molecule has 2 fully saturated rings. The molecule has 0 spiro atoms. The molecule has 0 unspecified atom stereocenters. The first-order valence-electron chi connectivity index (χ1n) is 6.38. The minimum atomic E-state index is -0.179. The quantitative estimate of drug-likeness (QED) is 0.741. The summed E-state index contributed by atoms with van der Waals surface area (Å²) in [5, 5.41) is 2.41. The first kappa shape index (κ1) is 11.4. The van der Waals surface area contributed by atoms with Gasteiger partial charge in [0.1, 0.15) is 0 Å². The molecule has 1 saturated carbocycles. The molecule has 4 heteroatoms. The molecule has 16 heavy (non-hydrogen) atoms. The van der Waals surface area contributed by atoms with E-state index in [2.05, 4.69) is 5.32 Å². The normalized spacial score (nSPS) is 24.9.